The summed E-state index contributed by atoms with van der Waals surface area (Å²) in [6, 6.07) is 0.697. The molecule has 0 radical (unpaired) electrons. The molecule has 5 N–H and O–H groups in total. The summed E-state index contributed by atoms with van der Waals surface area (Å²) in [5.41, 5.74) is 0.431. The van der Waals surface area contributed by atoms with Gasteiger partial charge in [-0.15, -0.1) is 0 Å². The van der Waals surface area contributed by atoms with Crippen LogP contribution in [0.1, 0.15) is 16.9 Å². The SMILES string of the molecule is O=C1N[C@@H]2C[C@@H](CNC(=O)c3cc(Br)c[nH]3)O[C@]2(O)N1. The number of aromatic amines is 1. The van der Waals surface area contributed by atoms with Crippen LogP contribution in [0.15, 0.2) is 16.7 Å². The van der Waals surface area contributed by atoms with Crippen LogP contribution in [0, 0.1) is 0 Å². The Bertz CT molecular complexity index is 562. The molecule has 2 aliphatic rings. The molecule has 0 spiro atoms. The predicted octanol–water partition coefficient (Wildman–Crippen LogP) is -0.377. The van der Waals surface area contributed by atoms with E-state index in [2.05, 4.69) is 36.9 Å². The van der Waals surface area contributed by atoms with Crippen LogP contribution in [0.2, 0.25) is 0 Å². The van der Waals surface area contributed by atoms with E-state index in [1.54, 1.807) is 12.3 Å². The molecule has 0 aliphatic carbocycles. The van der Waals surface area contributed by atoms with Gasteiger partial charge in [-0.2, -0.15) is 0 Å². The zero-order chi connectivity index (χ0) is 14.3. The lowest BCUT2D eigenvalue weighted by atomic mass is 10.1. The van der Waals surface area contributed by atoms with Crippen LogP contribution in [0.25, 0.3) is 0 Å². The van der Waals surface area contributed by atoms with Gasteiger partial charge in [0.25, 0.3) is 11.8 Å². The van der Waals surface area contributed by atoms with E-state index < -0.39 is 18.0 Å². The van der Waals surface area contributed by atoms with Gasteiger partial charge in [0.05, 0.1) is 6.10 Å². The quantitative estimate of drug-likeness (QED) is 0.514. The second kappa shape index (κ2) is 4.76. The van der Waals surface area contributed by atoms with Gasteiger partial charge in [0.1, 0.15) is 11.7 Å². The number of H-pyrrole nitrogens is 1. The monoisotopic (exact) mass is 344 g/mol. The average molecular weight is 345 g/mol. The lowest BCUT2D eigenvalue weighted by molar-refractivity contribution is -0.201. The van der Waals surface area contributed by atoms with Gasteiger partial charge in [-0.05, 0) is 22.0 Å². The van der Waals surface area contributed by atoms with Gasteiger partial charge in [0.15, 0.2) is 0 Å². The summed E-state index contributed by atoms with van der Waals surface area (Å²) in [6.45, 7) is 0.242. The van der Waals surface area contributed by atoms with Crippen LogP contribution in [-0.2, 0) is 4.74 Å². The lowest BCUT2D eigenvalue weighted by Gasteiger charge is -2.20. The van der Waals surface area contributed by atoms with E-state index in [1.807, 2.05) is 0 Å². The van der Waals surface area contributed by atoms with E-state index in [4.69, 9.17) is 4.74 Å². The number of carbonyl (C=O) groups excluding carboxylic acids is 2. The van der Waals surface area contributed by atoms with Crippen molar-refractivity contribution in [3.8, 4) is 0 Å². The normalized spacial score (nSPS) is 31.6. The van der Waals surface area contributed by atoms with Gasteiger partial charge < -0.3 is 25.5 Å². The summed E-state index contributed by atoms with van der Waals surface area (Å²) in [6.07, 6.45) is 1.71. The molecule has 108 valence electrons. The molecule has 0 aromatic carbocycles. The molecule has 0 bridgehead atoms. The summed E-state index contributed by atoms with van der Waals surface area (Å²) >= 11 is 3.25. The molecule has 0 unspecified atom stereocenters. The van der Waals surface area contributed by atoms with Crippen molar-refractivity contribution in [2.45, 2.75) is 24.5 Å². The molecule has 3 atom stereocenters. The second-order valence-corrected chi connectivity index (χ2v) is 5.68. The van der Waals surface area contributed by atoms with Crippen LogP contribution in [0.3, 0.4) is 0 Å². The van der Waals surface area contributed by atoms with Crippen molar-refractivity contribution in [1.29, 1.82) is 0 Å². The van der Waals surface area contributed by atoms with Crippen LogP contribution in [0.5, 0.6) is 0 Å². The Kier molecular flexibility index (Phi) is 3.19. The largest absolute Gasteiger partial charge is 0.356 e. The number of fused-ring (bicyclic) bond motifs is 1. The highest BCUT2D eigenvalue weighted by molar-refractivity contribution is 9.10. The molecule has 2 saturated heterocycles. The molecule has 2 fully saturated rings. The molecule has 3 rings (SSSR count). The maximum absolute atomic E-state index is 11.8. The minimum absolute atomic E-state index is 0.242. The van der Waals surface area contributed by atoms with E-state index in [0.717, 1.165) is 4.47 Å². The first-order chi connectivity index (χ1) is 9.46. The molecule has 1 aromatic heterocycles. The van der Waals surface area contributed by atoms with E-state index >= 15 is 0 Å². The zero-order valence-corrected chi connectivity index (χ0v) is 11.9. The molecule has 3 amide bonds. The second-order valence-electron chi connectivity index (χ2n) is 4.76. The third-order valence-electron chi connectivity index (χ3n) is 3.30. The number of urea groups is 1. The highest BCUT2D eigenvalue weighted by Gasteiger charge is 2.54. The van der Waals surface area contributed by atoms with Crippen molar-refractivity contribution < 1.29 is 19.4 Å². The number of hydrogen-bond donors (Lipinski definition) is 5. The highest BCUT2D eigenvalue weighted by atomic mass is 79.9. The van der Waals surface area contributed by atoms with Gasteiger partial charge in [-0.3, -0.25) is 10.1 Å². The number of aromatic nitrogens is 1. The Morgan fingerprint density at radius 3 is 3.10 bits per heavy atom. The maximum atomic E-state index is 11.8. The summed E-state index contributed by atoms with van der Waals surface area (Å²) in [7, 11) is 0. The molecular weight excluding hydrogens is 332 g/mol. The van der Waals surface area contributed by atoms with Crippen molar-refractivity contribution in [3.63, 3.8) is 0 Å². The Morgan fingerprint density at radius 1 is 1.65 bits per heavy atom. The fourth-order valence-corrected chi connectivity index (χ4v) is 2.71. The lowest BCUT2D eigenvalue weighted by Crippen LogP contribution is -2.47. The molecular formula is C11H13BrN4O4. The Balaban J connectivity index is 1.53. The van der Waals surface area contributed by atoms with Crippen LogP contribution in [0.4, 0.5) is 4.79 Å². The third-order valence-corrected chi connectivity index (χ3v) is 3.76. The Hall–Kier alpha value is -1.58. The number of aliphatic hydroxyl groups is 1. The molecule has 1 aromatic rings. The van der Waals surface area contributed by atoms with Gasteiger partial charge in [0, 0.05) is 23.6 Å². The summed E-state index contributed by atoms with van der Waals surface area (Å²) in [4.78, 5) is 25.7. The topological polar surface area (TPSA) is 115 Å². The van der Waals surface area contributed by atoms with Crippen molar-refractivity contribution in [3.05, 3.63) is 22.4 Å². The number of rotatable bonds is 3. The van der Waals surface area contributed by atoms with Crippen LogP contribution < -0.4 is 16.0 Å². The third kappa shape index (κ3) is 2.39. The molecule has 0 saturated carbocycles. The van der Waals surface area contributed by atoms with E-state index in [9.17, 15) is 14.7 Å². The summed E-state index contributed by atoms with van der Waals surface area (Å²) in [5.74, 6) is -1.94. The minimum atomic E-state index is -1.68. The molecule has 3 heterocycles. The molecule has 20 heavy (non-hydrogen) atoms. The van der Waals surface area contributed by atoms with Crippen LogP contribution in [-0.4, -0.2) is 46.6 Å². The number of nitrogens with one attached hydrogen (secondary N) is 4. The van der Waals surface area contributed by atoms with Crippen molar-refractivity contribution in [2.75, 3.05) is 6.54 Å². The maximum Gasteiger partial charge on any atom is 0.319 e. The first-order valence-corrected chi connectivity index (χ1v) is 6.86. The predicted molar refractivity (Wildman–Crippen MR) is 70.7 cm³/mol. The smallest absolute Gasteiger partial charge is 0.319 e. The summed E-state index contributed by atoms with van der Waals surface area (Å²) in [5, 5.41) is 17.6. The van der Waals surface area contributed by atoms with Crippen molar-refractivity contribution >= 4 is 27.9 Å². The first-order valence-electron chi connectivity index (χ1n) is 6.07. The number of halogens is 1. The van der Waals surface area contributed by atoms with E-state index in [0.29, 0.717) is 12.1 Å². The molecule has 2 aliphatic heterocycles. The van der Waals surface area contributed by atoms with Gasteiger partial charge >= 0.3 is 6.03 Å². The summed E-state index contributed by atoms with van der Waals surface area (Å²) < 4.78 is 6.15. The fourth-order valence-electron chi connectivity index (χ4n) is 2.36. The highest BCUT2D eigenvalue weighted by Crippen LogP contribution is 2.29. The number of hydrogen-bond acceptors (Lipinski definition) is 4. The zero-order valence-electron chi connectivity index (χ0n) is 10.3. The number of carbonyl (C=O) groups is 2. The fraction of sp³-hybridized carbons (Fsp3) is 0.455. The van der Waals surface area contributed by atoms with Gasteiger partial charge in [0.2, 0.25) is 0 Å². The van der Waals surface area contributed by atoms with Gasteiger partial charge in [-0.25, -0.2) is 4.79 Å². The average Bonchev–Trinajstić information content (AvgIpc) is 2.98. The van der Waals surface area contributed by atoms with E-state index in [-0.39, 0.29) is 18.6 Å². The van der Waals surface area contributed by atoms with Gasteiger partial charge in [-0.1, -0.05) is 0 Å². The first kappa shape index (κ1) is 13.4. The standard InChI is InChI=1S/C11H13BrN4O4/c12-5-1-7(13-3-5)9(17)14-4-6-2-8-11(19,20-6)16-10(18)15-8/h1,3,6,8,13,19H,2,4H2,(H,14,17)(H2,15,16,18)/t6-,8+,11-/m0/s1. The van der Waals surface area contributed by atoms with Crippen LogP contribution >= 0.6 is 15.9 Å². The Morgan fingerprint density at radius 2 is 2.45 bits per heavy atom. The minimum Gasteiger partial charge on any atom is -0.356 e. The Labute approximate surface area is 122 Å². The number of ether oxygens (including phenoxy) is 1. The number of amides is 3. The van der Waals surface area contributed by atoms with E-state index in [1.165, 1.54) is 0 Å². The molecule has 8 nitrogen and oxygen atoms in total. The van der Waals surface area contributed by atoms with Crippen molar-refractivity contribution in [2.24, 2.45) is 0 Å². The van der Waals surface area contributed by atoms with Crippen molar-refractivity contribution in [1.82, 2.24) is 20.9 Å². The molecule has 9 heteroatoms.